The van der Waals surface area contributed by atoms with Gasteiger partial charge in [-0.25, -0.2) is 4.98 Å². The van der Waals surface area contributed by atoms with E-state index in [-0.39, 0.29) is 6.10 Å². The van der Waals surface area contributed by atoms with Crippen LogP contribution >= 0.6 is 0 Å². The van der Waals surface area contributed by atoms with Crippen LogP contribution in [-0.2, 0) is 4.74 Å². The van der Waals surface area contributed by atoms with Crippen LogP contribution in [0.15, 0.2) is 18.2 Å². The number of nitrogens with two attached hydrogens (primary N) is 1. The average Bonchev–Trinajstić information content (AvgIpc) is 3.05. The van der Waals surface area contributed by atoms with Crippen LogP contribution in [0.4, 0.5) is 5.82 Å². The first-order valence-corrected chi connectivity index (χ1v) is 6.55. The van der Waals surface area contributed by atoms with Gasteiger partial charge in [0.15, 0.2) is 5.82 Å². The number of aryl methyl sites for hydroxylation is 1. The molecule has 3 heterocycles. The fraction of sp³-hybridized carbons (Fsp3) is 0.357. The zero-order chi connectivity index (χ0) is 14.1. The van der Waals surface area contributed by atoms with E-state index in [4.69, 9.17) is 10.5 Å². The molecule has 2 aromatic heterocycles. The first-order chi connectivity index (χ1) is 9.70. The highest BCUT2D eigenvalue weighted by Gasteiger charge is 2.27. The van der Waals surface area contributed by atoms with Crippen molar-refractivity contribution < 1.29 is 4.74 Å². The summed E-state index contributed by atoms with van der Waals surface area (Å²) in [6.07, 6.45) is 1.70. The minimum Gasteiger partial charge on any atom is -0.382 e. The van der Waals surface area contributed by atoms with Crippen LogP contribution in [0, 0.1) is 18.3 Å². The fourth-order valence-electron chi connectivity index (χ4n) is 2.40. The Hall–Kier alpha value is -2.39. The number of aromatic nitrogens is 3. The second-order valence-electron chi connectivity index (χ2n) is 4.81. The molecule has 1 aliphatic rings. The number of anilines is 1. The van der Waals surface area contributed by atoms with Crippen LogP contribution in [0.5, 0.6) is 0 Å². The Morgan fingerprint density at radius 3 is 3.00 bits per heavy atom. The van der Waals surface area contributed by atoms with Crippen molar-refractivity contribution >= 4 is 5.82 Å². The van der Waals surface area contributed by atoms with Gasteiger partial charge in [0.25, 0.3) is 0 Å². The summed E-state index contributed by atoms with van der Waals surface area (Å²) in [6.45, 7) is 2.60. The zero-order valence-electron chi connectivity index (χ0n) is 11.2. The molecule has 0 spiro atoms. The minimum absolute atomic E-state index is 0.141. The molecule has 20 heavy (non-hydrogen) atoms. The standard InChI is InChI=1S/C14H15N5O/c1-9-4-2-6-12(17-9)19-14(16)10(8-15)13(18-19)11-5-3-7-20-11/h2,4,6,11H,3,5,7,16H2,1H3/t11-/m1/s1. The van der Waals surface area contributed by atoms with E-state index in [1.54, 1.807) is 0 Å². The fourth-order valence-corrected chi connectivity index (χ4v) is 2.40. The van der Waals surface area contributed by atoms with Crippen molar-refractivity contribution in [2.24, 2.45) is 0 Å². The molecule has 0 amide bonds. The van der Waals surface area contributed by atoms with Crippen LogP contribution in [0.25, 0.3) is 5.82 Å². The van der Waals surface area contributed by atoms with Crippen molar-refractivity contribution in [1.82, 2.24) is 14.8 Å². The average molecular weight is 269 g/mol. The van der Waals surface area contributed by atoms with Crippen LogP contribution in [0.3, 0.4) is 0 Å². The summed E-state index contributed by atoms with van der Waals surface area (Å²) >= 11 is 0. The largest absolute Gasteiger partial charge is 0.382 e. The summed E-state index contributed by atoms with van der Waals surface area (Å²) in [5, 5.41) is 13.8. The van der Waals surface area contributed by atoms with E-state index in [0.717, 1.165) is 18.5 Å². The predicted octanol–water partition coefficient (Wildman–Crippen LogP) is 1.88. The Morgan fingerprint density at radius 1 is 1.50 bits per heavy atom. The van der Waals surface area contributed by atoms with E-state index in [0.29, 0.717) is 29.5 Å². The van der Waals surface area contributed by atoms with Crippen LogP contribution in [0.1, 0.15) is 35.9 Å². The molecule has 0 radical (unpaired) electrons. The smallest absolute Gasteiger partial charge is 0.156 e. The topological polar surface area (TPSA) is 89.8 Å². The number of ether oxygens (including phenoxy) is 1. The quantitative estimate of drug-likeness (QED) is 0.899. The lowest BCUT2D eigenvalue weighted by molar-refractivity contribution is 0.108. The Morgan fingerprint density at radius 2 is 2.35 bits per heavy atom. The molecule has 1 saturated heterocycles. The first kappa shape index (κ1) is 12.6. The zero-order valence-corrected chi connectivity index (χ0v) is 11.2. The van der Waals surface area contributed by atoms with Gasteiger partial charge in [-0.2, -0.15) is 15.0 Å². The lowest BCUT2D eigenvalue weighted by Crippen LogP contribution is -2.05. The van der Waals surface area contributed by atoms with Crippen molar-refractivity contribution in [3.8, 4) is 11.9 Å². The number of nitrogen functional groups attached to an aromatic ring is 1. The minimum atomic E-state index is -0.141. The molecule has 1 atom stereocenters. The molecule has 0 aliphatic carbocycles. The Labute approximate surface area is 116 Å². The normalized spacial score (nSPS) is 18.1. The van der Waals surface area contributed by atoms with Gasteiger partial charge >= 0.3 is 0 Å². The summed E-state index contributed by atoms with van der Waals surface area (Å²) in [5.74, 6) is 0.930. The molecular weight excluding hydrogens is 254 g/mol. The van der Waals surface area contributed by atoms with E-state index in [2.05, 4.69) is 16.2 Å². The number of hydrogen-bond donors (Lipinski definition) is 1. The highest BCUT2D eigenvalue weighted by molar-refractivity contribution is 5.55. The van der Waals surface area contributed by atoms with Crippen molar-refractivity contribution in [2.75, 3.05) is 12.3 Å². The van der Waals surface area contributed by atoms with Crippen molar-refractivity contribution in [1.29, 1.82) is 5.26 Å². The van der Waals surface area contributed by atoms with Gasteiger partial charge in [-0.05, 0) is 31.9 Å². The SMILES string of the molecule is Cc1cccc(-n2nc([C@H]3CCCO3)c(C#N)c2N)n1. The van der Waals surface area contributed by atoms with Crippen LogP contribution in [0.2, 0.25) is 0 Å². The maximum absolute atomic E-state index is 9.32. The number of rotatable bonds is 2. The molecule has 0 aromatic carbocycles. The van der Waals surface area contributed by atoms with E-state index in [9.17, 15) is 5.26 Å². The maximum atomic E-state index is 9.32. The summed E-state index contributed by atoms with van der Waals surface area (Å²) in [7, 11) is 0. The molecule has 1 fully saturated rings. The van der Waals surface area contributed by atoms with E-state index in [1.807, 2.05) is 25.1 Å². The first-order valence-electron chi connectivity index (χ1n) is 6.55. The molecule has 1 aliphatic heterocycles. The molecule has 3 rings (SSSR count). The second-order valence-corrected chi connectivity index (χ2v) is 4.81. The molecule has 0 unspecified atom stereocenters. The number of nitriles is 1. The van der Waals surface area contributed by atoms with E-state index < -0.39 is 0 Å². The van der Waals surface area contributed by atoms with Gasteiger partial charge < -0.3 is 10.5 Å². The van der Waals surface area contributed by atoms with Gasteiger partial charge in [-0.15, -0.1) is 0 Å². The third-order valence-corrected chi connectivity index (χ3v) is 3.39. The highest BCUT2D eigenvalue weighted by atomic mass is 16.5. The van der Waals surface area contributed by atoms with Crippen LogP contribution < -0.4 is 5.73 Å². The molecule has 6 heteroatoms. The van der Waals surface area contributed by atoms with E-state index in [1.165, 1.54) is 4.68 Å². The molecule has 6 nitrogen and oxygen atoms in total. The van der Waals surface area contributed by atoms with Gasteiger partial charge in [-0.1, -0.05) is 6.07 Å². The summed E-state index contributed by atoms with van der Waals surface area (Å²) in [5.41, 5.74) is 7.92. The second kappa shape index (κ2) is 4.94. The van der Waals surface area contributed by atoms with Crippen molar-refractivity contribution in [3.63, 3.8) is 0 Å². The summed E-state index contributed by atoms with van der Waals surface area (Å²) < 4.78 is 7.12. The summed E-state index contributed by atoms with van der Waals surface area (Å²) in [6, 6.07) is 7.73. The third kappa shape index (κ3) is 2.02. The molecule has 2 N–H and O–H groups in total. The van der Waals surface area contributed by atoms with Gasteiger partial charge in [0.2, 0.25) is 0 Å². The Kier molecular flexibility index (Phi) is 3.12. The van der Waals surface area contributed by atoms with Gasteiger partial charge in [0, 0.05) is 12.3 Å². The third-order valence-electron chi connectivity index (χ3n) is 3.39. The molecule has 0 bridgehead atoms. The monoisotopic (exact) mass is 269 g/mol. The van der Waals surface area contributed by atoms with Gasteiger partial charge in [0.05, 0.1) is 0 Å². The van der Waals surface area contributed by atoms with Crippen molar-refractivity contribution in [3.05, 3.63) is 35.2 Å². The summed E-state index contributed by atoms with van der Waals surface area (Å²) in [4.78, 5) is 4.39. The number of pyridine rings is 1. The lowest BCUT2D eigenvalue weighted by Gasteiger charge is -2.05. The molecular formula is C14H15N5O. The predicted molar refractivity (Wildman–Crippen MR) is 73.2 cm³/mol. The molecule has 0 saturated carbocycles. The highest BCUT2D eigenvalue weighted by Crippen LogP contribution is 2.32. The number of hydrogen-bond acceptors (Lipinski definition) is 5. The van der Waals surface area contributed by atoms with E-state index >= 15 is 0 Å². The van der Waals surface area contributed by atoms with Gasteiger partial charge in [-0.3, -0.25) is 0 Å². The molecule has 102 valence electrons. The van der Waals surface area contributed by atoms with Crippen molar-refractivity contribution in [2.45, 2.75) is 25.9 Å². The Balaban J connectivity index is 2.11. The molecule has 2 aromatic rings. The maximum Gasteiger partial charge on any atom is 0.156 e. The van der Waals surface area contributed by atoms with Gasteiger partial charge in [0.1, 0.15) is 29.2 Å². The number of nitrogens with zero attached hydrogens (tertiary/aromatic N) is 4. The van der Waals surface area contributed by atoms with Crippen LogP contribution in [-0.4, -0.2) is 21.4 Å². The Bertz CT molecular complexity index is 679. The lowest BCUT2D eigenvalue weighted by atomic mass is 10.1.